The summed E-state index contributed by atoms with van der Waals surface area (Å²) in [5, 5.41) is 10.2. The molecule has 0 spiro atoms. The monoisotopic (exact) mass is 185 g/mol. The van der Waals surface area contributed by atoms with E-state index in [-0.39, 0.29) is 0 Å². The molecule has 0 amide bonds. The first kappa shape index (κ1) is 9.44. The number of hydrogen-bond donors (Lipinski definition) is 1. The highest BCUT2D eigenvalue weighted by Crippen LogP contribution is 2.39. The van der Waals surface area contributed by atoms with Crippen molar-refractivity contribution in [3.05, 3.63) is 0 Å². The molecule has 2 aliphatic rings. The average Bonchev–Trinajstić information content (AvgIpc) is 2.34. The Kier molecular flexibility index (Phi) is 2.34. The lowest BCUT2D eigenvalue weighted by Crippen LogP contribution is -2.51. The Bertz CT molecular complexity index is 181. The van der Waals surface area contributed by atoms with Crippen molar-refractivity contribution in [3.63, 3.8) is 0 Å². The molecular weight excluding hydrogens is 166 g/mol. The number of piperidine rings is 1. The summed E-state index contributed by atoms with van der Waals surface area (Å²) in [5.41, 5.74) is -0.549. The third-order valence-electron chi connectivity index (χ3n) is 3.63. The van der Waals surface area contributed by atoms with Crippen molar-refractivity contribution in [2.45, 2.75) is 43.4 Å². The molecule has 1 N–H and O–H groups in total. The third kappa shape index (κ3) is 1.60. The summed E-state index contributed by atoms with van der Waals surface area (Å²) in [6.45, 7) is 0.494. The second-order valence-corrected chi connectivity index (χ2v) is 4.62. The van der Waals surface area contributed by atoms with Gasteiger partial charge in [-0.2, -0.15) is 0 Å². The van der Waals surface area contributed by atoms with Crippen LogP contribution in [0.15, 0.2) is 0 Å². The van der Waals surface area contributed by atoms with E-state index in [1.807, 2.05) is 0 Å². The molecule has 0 aromatic rings. The van der Waals surface area contributed by atoms with Crippen LogP contribution in [0.5, 0.6) is 0 Å². The molecule has 2 aliphatic heterocycles. The Hall–Kier alpha value is -0.120. The second kappa shape index (κ2) is 3.23. The predicted octanol–water partition coefficient (Wildman–Crippen LogP) is 0.620. The van der Waals surface area contributed by atoms with Gasteiger partial charge < -0.3 is 14.7 Å². The van der Waals surface area contributed by atoms with Gasteiger partial charge in [0.1, 0.15) is 0 Å². The number of rotatable bonds is 2. The van der Waals surface area contributed by atoms with E-state index in [0.717, 1.165) is 12.8 Å². The van der Waals surface area contributed by atoms with Gasteiger partial charge in [0.2, 0.25) is 0 Å². The first-order valence-corrected chi connectivity index (χ1v) is 5.08. The number of ether oxygens (including phenoxy) is 1. The van der Waals surface area contributed by atoms with E-state index >= 15 is 0 Å². The maximum Gasteiger partial charge on any atom is 0.0909 e. The van der Waals surface area contributed by atoms with E-state index in [4.69, 9.17) is 4.74 Å². The Morgan fingerprint density at radius 1 is 1.38 bits per heavy atom. The molecule has 0 aromatic carbocycles. The maximum atomic E-state index is 10.2. The Morgan fingerprint density at radius 3 is 2.38 bits per heavy atom. The SMILES string of the molecule is COC[C@@]1(O)CC2CC[C@H](C1)N2C. The number of aliphatic hydroxyl groups is 1. The van der Waals surface area contributed by atoms with E-state index in [2.05, 4.69) is 11.9 Å². The molecule has 2 fully saturated rings. The quantitative estimate of drug-likeness (QED) is 0.684. The van der Waals surface area contributed by atoms with Crippen LogP contribution in [0.3, 0.4) is 0 Å². The van der Waals surface area contributed by atoms with Gasteiger partial charge in [-0.25, -0.2) is 0 Å². The number of methoxy groups -OCH3 is 1. The van der Waals surface area contributed by atoms with Crippen LogP contribution in [0.1, 0.15) is 25.7 Å². The lowest BCUT2D eigenvalue weighted by molar-refractivity contribution is -0.0873. The Balaban J connectivity index is 2.05. The van der Waals surface area contributed by atoms with Crippen molar-refractivity contribution in [1.29, 1.82) is 0 Å². The van der Waals surface area contributed by atoms with Crippen molar-refractivity contribution >= 4 is 0 Å². The molecule has 13 heavy (non-hydrogen) atoms. The Morgan fingerprint density at radius 2 is 1.92 bits per heavy atom. The smallest absolute Gasteiger partial charge is 0.0909 e. The molecule has 2 rings (SSSR count). The van der Waals surface area contributed by atoms with E-state index < -0.39 is 5.60 Å². The summed E-state index contributed by atoms with van der Waals surface area (Å²) in [4.78, 5) is 2.42. The normalized spacial score (nSPS) is 45.5. The van der Waals surface area contributed by atoms with Crippen molar-refractivity contribution in [2.24, 2.45) is 0 Å². The van der Waals surface area contributed by atoms with Crippen LogP contribution in [-0.4, -0.2) is 48.5 Å². The minimum atomic E-state index is -0.549. The zero-order valence-corrected chi connectivity index (χ0v) is 8.49. The van der Waals surface area contributed by atoms with Gasteiger partial charge in [0, 0.05) is 19.2 Å². The first-order chi connectivity index (χ1) is 6.14. The van der Waals surface area contributed by atoms with Crippen LogP contribution in [0.4, 0.5) is 0 Å². The lowest BCUT2D eigenvalue weighted by atomic mass is 9.87. The van der Waals surface area contributed by atoms with Gasteiger partial charge in [0.15, 0.2) is 0 Å². The number of hydrogen-bond acceptors (Lipinski definition) is 3. The van der Waals surface area contributed by atoms with Crippen LogP contribution in [-0.2, 0) is 4.74 Å². The molecule has 3 nitrogen and oxygen atoms in total. The molecule has 0 radical (unpaired) electrons. The zero-order chi connectivity index (χ0) is 9.47. The third-order valence-corrected chi connectivity index (χ3v) is 3.63. The molecule has 3 atom stereocenters. The fraction of sp³-hybridized carbons (Fsp3) is 1.00. The zero-order valence-electron chi connectivity index (χ0n) is 8.49. The highest BCUT2D eigenvalue weighted by Gasteiger charge is 2.45. The maximum absolute atomic E-state index is 10.2. The summed E-state index contributed by atoms with van der Waals surface area (Å²) >= 11 is 0. The molecule has 2 bridgehead atoms. The van der Waals surface area contributed by atoms with Crippen molar-refractivity contribution in [2.75, 3.05) is 20.8 Å². The van der Waals surface area contributed by atoms with Gasteiger partial charge in [0.05, 0.1) is 12.2 Å². The van der Waals surface area contributed by atoms with Crippen LogP contribution in [0, 0.1) is 0 Å². The number of nitrogens with zero attached hydrogens (tertiary/aromatic N) is 1. The summed E-state index contributed by atoms with van der Waals surface area (Å²) in [5.74, 6) is 0. The lowest BCUT2D eigenvalue weighted by Gasteiger charge is -2.41. The van der Waals surface area contributed by atoms with Gasteiger partial charge in [0.25, 0.3) is 0 Å². The van der Waals surface area contributed by atoms with E-state index in [1.165, 1.54) is 12.8 Å². The molecule has 2 saturated heterocycles. The van der Waals surface area contributed by atoms with Crippen LogP contribution < -0.4 is 0 Å². The standard InChI is InChI=1S/C10H19NO2/c1-11-8-3-4-9(11)6-10(12,5-8)7-13-2/h8-9,12H,3-7H2,1-2H3/t8-,9?,10+/m1/s1. The predicted molar refractivity (Wildman–Crippen MR) is 50.6 cm³/mol. The summed E-state index contributed by atoms with van der Waals surface area (Å²) in [6, 6.07) is 1.16. The topological polar surface area (TPSA) is 32.7 Å². The molecule has 1 unspecified atom stereocenters. The highest BCUT2D eigenvalue weighted by molar-refractivity contribution is 5.00. The fourth-order valence-corrected chi connectivity index (χ4v) is 2.93. The Labute approximate surface area is 79.7 Å². The first-order valence-electron chi connectivity index (χ1n) is 5.08. The highest BCUT2D eigenvalue weighted by atomic mass is 16.5. The van der Waals surface area contributed by atoms with Crippen LogP contribution >= 0.6 is 0 Å². The van der Waals surface area contributed by atoms with Crippen molar-refractivity contribution in [3.8, 4) is 0 Å². The van der Waals surface area contributed by atoms with Crippen molar-refractivity contribution in [1.82, 2.24) is 4.90 Å². The second-order valence-electron chi connectivity index (χ2n) is 4.62. The summed E-state index contributed by atoms with van der Waals surface area (Å²) in [6.07, 6.45) is 4.25. The molecular formula is C10H19NO2. The van der Waals surface area contributed by atoms with Gasteiger partial charge >= 0.3 is 0 Å². The van der Waals surface area contributed by atoms with Gasteiger partial charge in [-0.15, -0.1) is 0 Å². The number of fused-ring (bicyclic) bond motifs is 2. The molecule has 3 heteroatoms. The molecule has 2 heterocycles. The summed E-state index contributed by atoms with van der Waals surface area (Å²) in [7, 11) is 3.84. The van der Waals surface area contributed by atoms with Gasteiger partial charge in [-0.3, -0.25) is 0 Å². The minimum Gasteiger partial charge on any atom is -0.387 e. The van der Waals surface area contributed by atoms with Gasteiger partial charge in [-0.05, 0) is 32.7 Å². The van der Waals surface area contributed by atoms with Gasteiger partial charge in [-0.1, -0.05) is 0 Å². The van der Waals surface area contributed by atoms with E-state index in [1.54, 1.807) is 7.11 Å². The molecule has 0 aromatic heterocycles. The molecule has 0 aliphatic carbocycles. The van der Waals surface area contributed by atoms with Crippen LogP contribution in [0.25, 0.3) is 0 Å². The summed E-state index contributed by atoms with van der Waals surface area (Å²) < 4.78 is 5.08. The largest absolute Gasteiger partial charge is 0.387 e. The van der Waals surface area contributed by atoms with E-state index in [9.17, 15) is 5.11 Å². The average molecular weight is 185 g/mol. The fourth-order valence-electron chi connectivity index (χ4n) is 2.93. The molecule has 0 saturated carbocycles. The van der Waals surface area contributed by atoms with E-state index in [0.29, 0.717) is 18.7 Å². The van der Waals surface area contributed by atoms with Crippen molar-refractivity contribution < 1.29 is 9.84 Å². The molecule has 76 valence electrons. The van der Waals surface area contributed by atoms with Crippen LogP contribution in [0.2, 0.25) is 0 Å². The minimum absolute atomic E-state index is 0.494.